The van der Waals surface area contributed by atoms with E-state index in [1.807, 2.05) is 20.8 Å². The van der Waals surface area contributed by atoms with Crippen molar-refractivity contribution in [3.05, 3.63) is 41.7 Å². The van der Waals surface area contributed by atoms with E-state index in [1.54, 1.807) is 10.7 Å². The Morgan fingerprint density at radius 3 is 2.75 bits per heavy atom. The van der Waals surface area contributed by atoms with E-state index in [2.05, 4.69) is 10.1 Å². The van der Waals surface area contributed by atoms with Crippen LogP contribution >= 0.6 is 0 Å². The van der Waals surface area contributed by atoms with Gasteiger partial charge in [-0.15, -0.1) is 0 Å². The van der Waals surface area contributed by atoms with Crippen LogP contribution in [0.5, 0.6) is 5.75 Å². The van der Waals surface area contributed by atoms with Crippen molar-refractivity contribution >= 4 is 0 Å². The zero-order valence-corrected chi connectivity index (χ0v) is 11.9. The van der Waals surface area contributed by atoms with Crippen molar-refractivity contribution in [2.45, 2.75) is 39.5 Å². The Balaban J connectivity index is 2.18. The Morgan fingerprint density at radius 2 is 2.10 bits per heavy atom. The predicted octanol–water partition coefficient (Wildman–Crippen LogP) is 2.60. The molecule has 2 N–H and O–H groups in total. The van der Waals surface area contributed by atoms with Crippen LogP contribution in [0.2, 0.25) is 0 Å². The average Bonchev–Trinajstić information content (AvgIpc) is 2.84. The SMILES string of the molecule is CC(C)n1ncnc1COc1cc(F)ccc1[C@@H](C)N. The van der Waals surface area contributed by atoms with Gasteiger partial charge in [0.15, 0.2) is 5.82 Å². The minimum atomic E-state index is -0.352. The number of hydrogen-bond acceptors (Lipinski definition) is 4. The molecule has 108 valence electrons. The molecule has 0 spiro atoms. The highest BCUT2D eigenvalue weighted by Gasteiger charge is 2.12. The molecule has 5 nitrogen and oxygen atoms in total. The Kier molecular flexibility index (Phi) is 4.34. The lowest BCUT2D eigenvalue weighted by Crippen LogP contribution is -2.12. The standard InChI is InChI=1S/C14H19FN4O/c1-9(2)19-14(17-8-18-19)7-20-13-6-11(15)4-5-12(13)10(3)16/h4-6,8-10H,7,16H2,1-3H3/t10-/m1/s1. The summed E-state index contributed by atoms with van der Waals surface area (Å²) in [6.07, 6.45) is 1.48. The molecule has 1 heterocycles. The molecular weight excluding hydrogens is 259 g/mol. The van der Waals surface area contributed by atoms with Gasteiger partial charge in [-0.1, -0.05) is 6.07 Å². The summed E-state index contributed by atoms with van der Waals surface area (Å²) in [5, 5.41) is 4.13. The van der Waals surface area contributed by atoms with Gasteiger partial charge in [0, 0.05) is 23.7 Å². The molecule has 0 aliphatic heterocycles. The van der Waals surface area contributed by atoms with Gasteiger partial charge < -0.3 is 10.5 Å². The number of nitrogens with zero attached hydrogens (tertiary/aromatic N) is 3. The third-order valence-electron chi connectivity index (χ3n) is 2.96. The molecule has 2 rings (SSSR count). The van der Waals surface area contributed by atoms with Gasteiger partial charge in [-0.2, -0.15) is 5.10 Å². The van der Waals surface area contributed by atoms with E-state index in [-0.39, 0.29) is 24.5 Å². The fourth-order valence-electron chi connectivity index (χ4n) is 1.96. The summed E-state index contributed by atoms with van der Waals surface area (Å²) in [4.78, 5) is 4.15. The van der Waals surface area contributed by atoms with E-state index >= 15 is 0 Å². The highest BCUT2D eigenvalue weighted by molar-refractivity contribution is 5.36. The van der Waals surface area contributed by atoms with Gasteiger partial charge in [0.2, 0.25) is 0 Å². The normalized spacial score (nSPS) is 12.7. The zero-order valence-electron chi connectivity index (χ0n) is 11.9. The van der Waals surface area contributed by atoms with Crippen LogP contribution in [0.25, 0.3) is 0 Å². The largest absolute Gasteiger partial charge is 0.485 e. The zero-order chi connectivity index (χ0) is 14.7. The highest BCUT2D eigenvalue weighted by Crippen LogP contribution is 2.25. The number of aromatic nitrogens is 3. The van der Waals surface area contributed by atoms with Crippen LogP contribution in [-0.4, -0.2) is 14.8 Å². The molecule has 1 aromatic heterocycles. The summed E-state index contributed by atoms with van der Waals surface area (Å²) in [6.45, 7) is 6.07. The van der Waals surface area contributed by atoms with Crippen molar-refractivity contribution in [2.24, 2.45) is 5.73 Å². The number of ether oxygens (including phenoxy) is 1. The van der Waals surface area contributed by atoms with Crippen LogP contribution in [0.1, 0.15) is 44.2 Å². The predicted molar refractivity (Wildman–Crippen MR) is 73.7 cm³/mol. The van der Waals surface area contributed by atoms with E-state index in [0.717, 1.165) is 5.56 Å². The summed E-state index contributed by atoms with van der Waals surface area (Å²) in [5.74, 6) is 0.785. The van der Waals surface area contributed by atoms with Crippen molar-refractivity contribution < 1.29 is 9.13 Å². The second-order valence-electron chi connectivity index (χ2n) is 4.97. The first-order valence-corrected chi connectivity index (χ1v) is 6.55. The van der Waals surface area contributed by atoms with Crippen molar-refractivity contribution in [3.63, 3.8) is 0 Å². The fraction of sp³-hybridized carbons (Fsp3) is 0.429. The summed E-state index contributed by atoms with van der Waals surface area (Å²) in [5.41, 5.74) is 6.62. The maximum atomic E-state index is 13.3. The summed E-state index contributed by atoms with van der Waals surface area (Å²) in [7, 11) is 0. The number of hydrogen-bond donors (Lipinski definition) is 1. The average molecular weight is 278 g/mol. The maximum Gasteiger partial charge on any atom is 0.165 e. The Hall–Kier alpha value is -1.95. The van der Waals surface area contributed by atoms with Gasteiger partial charge in [0.05, 0.1) is 0 Å². The first-order valence-electron chi connectivity index (χ1n) is 6.55. The fourth-order valence-corrected chi connectivity index (χ4v) is 1.96. The van der Waals surface area contributed by atoms with Gasteiger partial charge in [0.25, 0.3) is 0 Å². The topological polar surface area (TPSA) is 66.0 Å². The second-order valence-corrected chi connectivity index (χ2v) is 4.97. The lowest BCUT2D eigenvalue weighted by molar-refractivity contribution is 0.277. The van der Waals surface area contributed by atoms with Crippen molar-refractivity contribution in [1.82, 2.24) is 14.8 Å². The van der Waals surface area contributed by atoms with Crippen LogP contribution in [0.4, 0.5) is 4.39 Å². The molecule has 0 fully saturated rings. The van der Waals surface area contributed by atoms with Gasteiger partial charge in [0.1, 0.15) is 24.5 Å². The minimum absolute atomic E-state index is 0.191. The molecule has 0 bridgehead atoms. The van der Waals surface area contributed by atoms with Gasteiger partial charge in [-0.05, 0) is 26.8 Å². The van der Waals surface area contributed by atoms with E-state index in [9.17, 15) is 4.39 Å². The molecule has 0 saturated carbocycles. The molecule has 2 aromatic rings. The first kappa shape index (κ1) is 14.5. The van der Waals surface area contributed by atoms with Crippen LogP contribution < -0.4 is 10.5 Å². The monoisotopic (exact) mass is 278 g/mol. The minimum Gasteiger partial charge on any atom is -0.485 e. The summed E-state index contributed by atoms with van der Waals surface area (Å²) in [6, 6.07) is 4.32. The van der Waals surface area contributed by atoms with Gasteiger partial charge >= 0.3 is 0 Å². The molecule has 1 atom stereocenters. The molecule has 1 aromatic carbocycles. The van der Waals surface area contributed by atoms with E-state index in [4.69, 9.17) is 10.5 Å². The molecular formula is C14H19FN4O. The smallest absolute Gasteiger partial charge is 0.165 e. The number of benzene rings is 1. The molecule has 0 radical (unpaired) electrons. The van der Waals surface area contributed by atoms with E-state index < -0.39 is 0 Å². The third kappa shape index (κ3) is 3.14. The molecule has 20 heavy (non-hydrogen) atoms. The summed E-state index contributed by atoms with van der Waals surface area (Å²) < 4.78 is 20.8. The van der Waals surface area contributed by atoms with Crippen LogP contribution in [-0.2, 0) is 6.61 Å². The Labute approximate surface area is 117 Å². The molecule has 0 aliphatic rings. The van der Waals surface area contributed by atoms with Crippen molar-refractivity contribution in [2.75, 3.05) is 0 Å². The Bertz CT molecular complexity index is 580. The lowest BCUT2D eigenvalue weighted by Gasteiger charge is -2.15. The van der Waals surface area contributed by atoms with Crippen LogP contribution in [0.3, 0.4) is 0 Å². The van der Waals surface area contributed by atoms with E-state index in [0.29, 0.717) is 11.6 Å². The third-order valence-corrected chi connectivity index (χ3v) is 2.96. The number of nitrogens with two attached hydrogens (primary N) is 1. The van der Waals surface area contributed by atoms with Gasteiger partial charge in [-0.3, -0.25) is 0 Å². The van der Waals surface area contributed by atoms with Crippen LogP contribution in [0, 0.1) is 5.82 Å². The quantitative estimate of drug-likeness (QED) is 0.913. The first-order chi connectivity index (χ1) is 9.49. The molecule has 0 unspecified atom stereocenters. The molecule has 0 aliphatic carbocycles. The number of halogens is 1. The van der Waals surface area contributed by atoms with Crippen molar-refractivity contribution in [1.29, 1.82) is 0 Å². The molecule has 0 saturated heterocycles. The molecule has 6 heteroatoms. The lowest BCUT2D eigenvalue weighted by atomic mass is 10.1. The summed E-state index contributed by atoms with van der Waals surface area (Å²) >= 11 is 0. The Morgan fingerprint density at radius 1 is 1.35 bits per heavy atom. The van der Waals surface area contributed by atoms with Crippen molar-refractivity contribution in [3.8, 4) is 5.75 Å². The van der Waals surface area contributed by atoms with E-state index in [1.165, 1.54) is 18.5 Å². The molecule has 0 amide bonds. The number of rotatable bonds is 5. The van der Waals surface area contributed by atoms with Crippen LogP contribution in [0.15, 0.2) is 24.5 Å². The van der Waals surface area contributed by atoms with Gasteiger partial charge in [-0.25, -0.2) is 14.1 Å². The second kappa shape index (κ2) is 6.00. The highest BCUT2D eigenvalue weighted by atomic mass is 19.1. The maximum absolute atomic E-state index is 13.3.